The summed E-state index contributed by atoms with van der Waals surface area (Å²) in [4.78, 5) is 29.0. The molecule has 1 N–H and O–H groups in total. The third-order valence-electron chi connectivity index (χ3n) is 5.32. The molecule has 0 radical (unpaired) electrons. The molecule has 0 spiro atoms. The van der Waals surface area contributed by atoms with Crippen LogP contribution in [0, 0.1) is 0 Å². The van der Waals surface area contributed by atoms with Gasteiger partial charge in [0.2, 0.25) is 11.8 Å². The number of carbonyl (C=O) groups is 2. The van der Waals surface area contributed by atoms with Crippen molar-refractivity contribution in [3.63, 3.8) is 0 Å². The predicted molar refractivity (Wildman–Crippen MR) is 137 cm³/mol. The normalized spacial score (nSPS) is 11.6. The zero-order chi connectivity index (χ0) is 24.1. The van der Waals surface area contributed by atoms with E-state index in [0.717, 1.165) is 41.2 Å². The van der Waals surface area contributed by atoms with Crippen LogP contribution in [0.15, 0.2) is 53.4 Å². The van der Waals surface area contributed by atoms with E-state index in [2.05, 4.69) is 12.2 Å². The Bertz CT molecular complexity index is 876. The fourth-order valence-corrected chi connectivity index (χ4v) is 4.46. The molecule has 2 rings (SSSR count). The van der Waals surface area contributed by atoms with Crippen LogP contribution < -0.4 is 10.1 Å². The highest BCUT2D eigenvalue weighted by atomic mass is 35.5. The van der Waals surface area contributed by atoms with Crippen LogP contribution in [0.25, 0.3) is 0 Å². The molecule has 2 aromatic rings. The summed E-state index contributed by atoms with van der Waals surface area (Å²) in [6.07, 6.45) is 3.62. The van der Waals surface area contributed by atoms with Gasteiger partial charge in [0.15, 0.2) is 0 Å². The highest BCUT2D eigenvalue weighted by molar-refractivity contribution is 7.99. The van der Waals surface area contributed by atoms with Gasteiger partial charge in [-0.05, 0) is 67.0 Å². The molecule has 2 amide bonds. The average Bonchev–Trinajstić information content (AvgIpc) is 2.83. The SMILES string of the molecule is CCCCNC(=O)C(CC)N(Cc1cccc(OC)c1)C(=O)CCCSc1ccc(Cl)cc1. The van der Waals surface area contributed by atoms with Gasteiger partial charge in [0.1, 0.15) is 11.8 Å². The fraction of sp³-hybridized carbons (Fsp3) is 0.462. The molecule has 1 unspecified atom stereocenters. The number of hydrogen-bond acceptors (Lipinski definition) is 4. The number of thioether (sulfide) groups is 1. The lowest BCUT2D eigenvalue weighted by atomic mass is 10.1. The van der Waals surface area contributed by atoms with E-state index in [0.29, 0.717) is 31.0 Å². The van der Waals surface area contributed by atoms with E-state index >= 15 is 0 Å². The molecule has 0 aliphatic carbocycles. The smallest absolute Gasteiger partial charge is 0.242 e. The molecule has 0 heterocycles. The van der Waals surface area contributed by atoms with Crippen LogP contribution in [0.4, 0.5) is 0 Å². The molecule has 33 heavy (non-hydrogen) atoms. The molecule has 2 aromatic carbocycles. The van der Waals surface area contributed by atoms with Gasteiger partial charge in [-0.25, -0.2) is 0 Å². The van der Waals surface area contributed by atoms with Crippen LogP contribution in [0.3, 0.4) is 0 Å². The highest BCUT2D eigenvalue weighted by Gasteiger charge is 2.28. The number of halogens is 1. The van der Waals surface area contributed by atoms with Crippen molar-refractivity contribution in [2.75, 3.05) is 19.4 Å². The molecule has 1 atom stereocenters. The van der Waals surface area contributed by atoms with Gasteiger partial charge >= 0.3 is 0 Å². The first-order valence-electron chi connectivity index (χ1n) is 11.6. The molecule has 0 aliphatic heterocycles. The number of unbranched alkanes of at least 4 members (excludes halogenated alkanes) is 1. The van der Waals surface area contributed by atoms with Gasteiger partial charge in [-0.3, -0.25) is 9.59 Å². The highest BCUT2D eigenvalue weighted by Crippen LogP contribution is 2.23. The Balaban J connectivity index is 2.05. The minimum absolute atomic E-state index is 0.00739. The molecular weight excluding hydrogens is 456 g/mol. The van der Waals surface area contributed by atoms with E-state index in [4.69, 9.17) is 16.3 Å². The fourth-order valence-electron chi connectivity index (χ4n) is 3.48. The Kier molecular flexibility index (Phi) is 12.2. The van der Waals surface area contributed by atoms with Gasteiger partial charge in [-0.2, -0.15) is 0 Å². The molecule has 0 saturated carbocycles. The number of hydrogen-bond donors (Lipinski definition) is 1. The third kappa shape index (κ3) is 9.30. The van der Waals surface area contributed by atoms with Gasteiger partial charge in [0.25, 0.3) is 0 Å². The maximum atomic E-state index is 13.3. The second kappa shape index (κ2) is 14.9. The van der Waals surface area contributed by atoms with Crippen molar-refractivity contribution in [2.45, 2.75) is 63.4 Å². The third-order valence-corrected chi connectivity index (χ3v) is 6.67. The van der Waals surface area contributed by atoms with Crippen LogP contribution in [0.5, 0.6) is 5.75 Å². The molecule has 180 valence electrons. The Morgan fingerprint density at radius 3 is 2.55 bits per heavy atom. The minimum atomic E-state index is -0.496. The Hall–Kier alpha value is -2.18. The lowest BCUT2D eigenvalue weighted by Gasteiger charge is -2.31. The number of benzene rings is 2. The van der Waals surface area contributed by atoms with E-state index in [1.165, 1.54) is 0 Å². The molecular formula is C26H35ClN2O3S. The van der Waals surface area contributed by atoms with Crippen molar-refractivity contribution in [3.05, 3.63) is 59.1 Å². The van der Waals surface area contributed by atoms with Crippen molar-refractivity contribution in [2.24, 2.45) is 0 Å². The first-order chi connectivity index (χ1) is 16.0. The minimum Gasteiger partial charge on any atom is -0.497 e. The average molecular weight is 491 g/mol. The Morgan fingerprint density at radius 2 is 1.88 bits per heavy atom. The molecule has 0 aliphatic rings. The summed E-state index contributed by atoms with van der Waals surface area (Å²) in [6.45, 7) is 5.04. The summed E-state index contributed by atoms with van der Waals surface area (Å²) in [6, 6.07) is 14.9. The molecule has 7 heteroatoms. The van der Waals surface area contributed by atoms with Crippen LogP contribution in [-0.2, 0) is 16.1 Å². The zero-order valence-electron chi connectivity index (χ0n) is 19.8. The number of amides is 2. The molecule has 0 bridgehead atoms. The standard InChI is InChI=1S/C26H35ClN2O3S/c1-4-6-16-28-26(31)24(5-2)29(19-20-9-7-10-22(18-20)32-3)25(30)11-8-17-33-23-14-12-21(27)13-15-23/h7,9-10,12-15,18,24H,4-6,8,11,16-17,19H2,1-3H3,(H,28,31). The zero-order valence-corrected chi connectivity index (χ0v) is 21.4. The first-order valence-corrected chi connectivity index (χ1v) is 12.9. The van der Waals surface area contributed by atoms with Gasteiger partial charge in [0, 0.05) is 29.4 Å². The summed E-state index contributed by atoms with van der Waals surface area (Å²) in [7, 11) is 1.62. The largest absolute Gasteiger partial charge is 0.497 e. The van der Waals surface area contributed by atoms with Crippen LogP contribution in [0.2, 0.25) is 5.02 Å². The summed E-state index contributed by atoms with van der Waals surface area (Å²) in [5.74, 6) is 1.46. The number of ether oxygens (including phenoxy) is 1. The Labute approximate surface area is 207 Å². The number of carbonyl (C=O) groups excluding carboxylic acids is 2. The monoisotopic (exact) mass is 490 g/mol. The van der Waals surface area contributed by atoms with Gasteiger partial charge in [-0.1, -0.05) is 44.0 Å². The van der Waals surface area contributed by atoms with Crippen molar-refractivity contribution in [1.29, 1.82) is 0 Å². The van der Waals surface area contributed by atoms with E-state index in [9.17, 15) is 9.59 Å². The molecule has 0 fully saturated rings. The summed E-state index contributed by atoms with van der Waals surface area (Å²) in [5.41, 5.74) is 0.943. The maximum Gasteiger partial charge on any atom is 0.242 e. The van der Waals surface area contributed by atoms with Crippen LogP contribution >= 0.6 is 23.4 Å². The number of methoxy groups -OCH3 is 1. The first kappa shape index (κ1) is 27.1. The maximum absolute atomic E-state index is 13.3. The van der Waals surface area contributed by atoms with E-state index in [-0.39, 0.29) is 11.8 Å². The van der Waals surface area contributed by atoms with Crippen LogP contribution in [-0.4, -0.2) is 42.2 Å². The summed E-state index contributed by atoms with van der Waals surface area (Å²) in [5, 5.41) is 3.71. The number of rotatable bonds is 14. The van der Waals surface area contributed by atoms with E-state index < -0.39 is 6.04 Å². The van der Waals surface area contributed by atoms with Gasteiger partial charge in [-0.15, -0.1) is 11.8 Å². The molecule has 5 nitrogen and oxygen atoms in total. The second-order valence-electron chi connectivity index (χ2n) is 7.85. The lowest BCUT2D eigenvalue weighted by molar-refractivity contribution is -0.141. The van der Waals surface area contributed by atoms with E-state index in [1.54, 1.807) is 23.8 Å². The lowest BCUT2D eigenvalue weighted by Crippen LogP contribution is -2.49. The van der Waals surface area contributed by atoms with Crippen molar-refractivity contribution in [3.8, 4) is 5.75 Å². The van der Waals surface area contributed by atoms with Gasteiger partial charge in [0.05, 0.1) is 7.11 Å². The number of nitrogens with one attached hydrogen (secondary N) is 1. The quantitative estimate of drug-likeness (QED) is 0.263. The van der Waals surface area contributed by atoms with Crippen LogP contribution in [0.1, 0.15) is 51.5 Å². The number of nitrogens with zero attached hydrogens (tertiary/aromatic N) is 1. The van der Waals surface area contributed by atoms with Gasteiger partial charge < -0.3 is 15.0 Å². The molecule has 0 saturated heterocycles. The summed E-state index contributed by atoms with van der Waals surface area (Å²) < 4.78 is 5.33. The predicted octanol–water partition coefficient (Wildman–Crippen LogP) is 5.94. The second-order valence-corrected chi connectivity index (χ2v) is 9.45. The van der Waals surface area contributed by atoms with Crippen molar-refractivity contribution in [1.82, 2.24) is 10.2 Å². The molecule has 0 aromatic heterocycles. The summed E-state index contributed by atoms with van der Waals surface area (Å²) >= 11 is 7.64. The van der Waals surface area contributed by atoms with E-state index in [1.807, 2.05) is 55.5 Å². The topological polar surface area (TPSA) is 58.6 Å². The Morgan fingerprint density at radius 1 is 1.12 bits per heavy atom. The van der Waals surface area contributed by atoms with Crippen molar-refractivity contribution < 1.29 is 14.3 Å². The van der Waals surface area contributed by atoms with Crippen molar-refractivity contribution >= 4 is 35.2 Å².